The van der Waals surface area contributed by atoms with Gasteiger partial charge in [0, 0.05) is 18.6 Å². The van der Waals surface area contributed by atoms with Gasteiger partial charge in [-0.25, -0.2) is 4.57 Å². The first kappa shape index (κ1) is 9.59. The van der Waals surface area contributed by atoms with Crippen LogP contribution in [-0.4, -0.2) is 5.75 Å². The zero-order valence-corrected chi connectivity index (χ0v) is 8.43. The largest absolute Gasteiger partial charge is 0.205 e. The molecule has 1 aromatic heterocycles. The highest BCUT2D eigenvalue weighted by molar-refractivity contribution is 7.80. The second kappa shape index (κ2) is 5.20. The fraction of sp³-hybridized carbons (Fsp3) is 0.500. The topological polar surface area (TPSA) is 3.88 Å². The molecule has 0 aliphatic carbocycles. The van der Waals surface area contributed by atoms with Crippen LogP contribution in [0, 0.1) is 0 Å². The summed E-state index contributed by atoms with van der Waals surface area (Å²) < 4.78 is 2.21. The summed E-state index contributed by atoms with van der Waals surface area (Å²) in [4.78, 5) is 0. The molecule has 66 valence electrons. The van der Waals surface area contributed by atoms with E-state index >= 15 is 0 Å². The number of pyridine rings is 1. The third-order valence-corrected chi connectivity index (χ3v) is 2.07. The van der Waals surface area contributed by atoms with Crippen molar-refractivity contribution in [3.8, 4) is 0 Å². The van der Waals surface area contributed by atoms with Crippen molar-refractivity contribution in [3.63, 3.8) is 0 Å². The third kappa shape index (κ3) is 2.86. The smallest absolute Gasteiger partial charge is 0.169 e. The summed E-state index contributed by atoms with van der Waals surface area (Å²) in [5.41, 5.74) is 1.37. The van der Waals surface area contributed by atoms with Gasteiger partial charge in [0.2, 0.25) is 0 Å². The Bertz CT molecular complexity index is 193. The van der Waals surface area contributed by atoms with E-state index in [1.807, 2.05) is 0 Å². The minimum atomic E-state index is 0.928. The lowest BCUT2D eigenvalue weighted by atomic mass is 10.2. The van der Waals surface area contributed by atoms with Gasteiger partial charge in [0.05, 0.1) is 0 Å². The first-order valence-corrected chi connectivity index (χ1v) is 5.09. The summed E-state index contributed by atoms with van der Waals surface area (Å²) >= 11 is 4.19. The van der Waals surface area contributed by atoms with E-state index in [0.717, 1.165) is 18.7 Å². The molecule has 1 rings (SSSR count). The molecule has 1 heterocycles. The Balaban J connectivity index is 2.58. The number of nitrogens with zero attached hydrogens (tertiary/aromatic N) is 1. The monoisotopic (exact) mass is 182 g/mol. The van der Waals surface area contributed by atoms with Crippen LogP contribution in [0.1, 0.15) is 18.9 Å². The Morgan fingerprint density at radius 1 is 1.33 bits per heavy atom. The molecule has 1 nitrogen and oxygen atoms in total. The van der Waals surface area contributed by atoms with Gasteiger partial charge in [-0.05, 0) is 17.7 Å². The summed E-state index contributed by atoms with van der Waals surface area (Å²) in [6.07, 6.45) is 6.54. The van der Waals surface area contributed by atoms with Crippen LogP contribution >= 0.6 is 12.6 Å². The molecule has 0 aliphatic rings. The summed E-state index contributed by atoms with van der Waals surface area (Å²) in [6, 6.07) is 4.34. The molecule has 2 heteroatoms. The number of thiol groups is 1. The average molecular weight is 182 g/mol. The van der Waals surface area contributed by atoms with Crippen LogP contribution in [0.15, 0.2) is 24.5 Å². The van der Waals surface area contributed by atoms with Gasteiger partial charge in [-0.15, -0.1) is 0 Å². The fourth-order valence-electron chi connectivity index (χ4n) is 1.19. The van der Waals surface area contributed by atoms with Crippen LogP contribution < -0.4 is 4.57 Å². The van der Waals surface area contributed by atoms with E-state index in [1.165, 1.54) is 12.0 Å². The number of hydrogen-bond donors (Lipinski definition) is 1. The third-order valence-electron chi connectivity index (χ3n) is 1.84. The van der Waals surface area contributed by atoms with Gasteiger partial charge in [-0.1, -0.05) is 6.92 Å². The maximum atomic E-state index is 4.19. The number of rotatable bonds is 4. The van der Waals surface area contributed by atoms with Crippen LogP contribution in [-0.2, 0) is 13.0 Å². The van der Waals surface area contributed by atoms with Gasteiger partial charge in [0.1, 0.15) is 6.54 Å². The van der Waals surface area contributed by atoms with Crippen LogP contribution in [0.25, 0.3) is 0 Å². The Morgan fingerprint density at radius 3 is 2.50 bits per heavy atom. The molecule has 0 aromatic carbocycles. The van der Waals surface area contributed by atoms with E-state index in [1.54, 1.807) is 0 Å². The zero-order chi connectivity index (χ0) is 8.81. The Hall–Kier alpha value is -0.500. The lowest BCUT2D eigenvalue weighted by Crippen LogP contribution is -2.32. The predicted molar refractivity (Wildman–Crippen MR) is 54.5 cm³/mol. The molecular formula is C10H16NS+. The summed E-state index contributed by atoms with van der Waals surface area (Å²) in [7, 11) is 0. The van der Waals surface area contributed by atoms with Crippen molar-refractivity contribution < 1.29 is 4.57 Å². The summed E-state index contributed by atoms with van der Waals surface area (Å²) in [6.45, 7) is 3.30. The van der Waals surface area contributed by atoms with E-state index < -0.39 is 0 Å². The van der Waals surface area contributed by atoms with E-state index in [4.69, 9.17) is 0 Å². The molecule has 0 amide bonds. The van der Waals surface area contributed by atoms with Gasteiger partial charge >= 0.3 is 0 Å². The van der Waals surface area contributed by atoms with Crippen molar-refractivity contribution in [2.24, 2.45) is 0 Å². The molecule has 0 radical (unpaired) electrons. The van der Waals surface area contributed by atoms with E-state index in [-0.39, 0.29) is 0 Å². The highest BCUT2D eigenvalue weighted by atomic mass is 32.1. The van der Waals surface area contributed by atoms with Crippen LogP contribution in [0.5, 0.6) is 0 Å². The summed E-state index contributed by atoms with van der Waals surface area (Å²) in [5, 5.41) is 0. The first-order chi connectivity index (χ1) is 5.86. The van der Waals surface area contributed by atoms with Gasteiger partial charge in [-0.3, -0.25) is 0 Å². The second-order valence-corrected chi connectivity index (χ2v) is 3.37. The van der Waals surface area contributed by atoms with Crippen molar-refractivity contribution in [1.29, 1.82) is 0 Å². The maximum Gasteiger partial charge on any atom is 0.169 e. The highest BCUT2D eigenvalue weighted by Crippen LogP contribution is 1.97. The second-order valence-electron chi connectivity index (χ2n) is 2.92. The number of aryl methyl sites for hydroxylation is 2. The molecule has 0 unspecified atom stereocenters. The quantitative estimate of drug-likeness (QED) is 0.535. The molecule has 0 saturated heterocycles. The lowest BCUT2D eigenvalue weighted by molar-refractivity contribution is -0.697. The number of aromatic nitrogens is 1. The normalized spacial score (nSPS) is 10.2. The van der Waals surface area contributed by atoms with Crippen molar-refractivity contribution in [2.45, 2.75) is 26.3 Å². The molecule has 0 N–H and O–H groups in total. The lowest BCUT2D eigenvalue weighted by Gasteiger charge is -1.96. The van der Waals surface area contributed by atoms with Gasteiger partial charge in [0.15, 0.2) is 12.4 Å². The van der Waals surface area contributed by atoms with Crippen molar-refractivity contribution in [2.75, 3.05) is 5.75 Å². The van der Waals surface area contributed by atoms with Crippen LogP contribution in [0.4, 0.5) is 0 Å². The molecule has 0 aliphatic heterocycles. The van der Waals surface area contributed by atoms with Crippen LogP contribution in [0.3, 0.4) is 0 Å². The first-order valence-electron chi connectivity index (χ1n) is 4.45. The molecule has 0 spiro atoms. The van der Waals surface area contributed by atoms with E-state index in [0.29, 0.717) is 0 Å². The van der Waals surface area contributed by atoms with Gasteiger partial charge in [-0.2, -0.15) is 12.6 Å². The molecule has 0 bridgehead atoms. The van der Waals surface area contributed by atoms with E-state index in [2.05, 4.69) is 48.6 Å². The predicted octanol–water partition coefficient (Wildman–Crippen LogP) is 1.86. The summed E-state index contributed by atoms with van der Waals surface area (Å²) in [5.74, 6) is 0.928. The maximum absolute atomic E-state index is 4.19. The zero-order valence-electron chi connectivity index (χ0n) is 7.53. The minimum Gasteiger partial charge on any atom is -0.205 e. The molecule has 0 saturated carbocycles. The fourth-order valence-corrected chi connectivity index (χ4v) is 1.45. The van der Waals surface area contributed by atoms with Crippen molar-refractivity contribution >= 4 is 12.6 Å². The van der Waals surface area contributed by atoms with E-state index in [9.17, 15) is 0 Å². The van der Waals surface area contributed by atoms with Crippen molar-refractivity contribution in [1.82, 2.24) is 0 Å². The molecule has 0 atom stereocenters. The Morgan fingerprint density at radius 2 is 2.00 bits per heavy atom. The van der Waals surface area contributed by atoms with Crippen molar-refractivity contribution in [3.05, 3.63) is 30.1 Å². The average Bonchev–Trinajstić information content (AvgIpc) is 2.09. The van der Waals surface area contributed by atoms with Crippen LogP contribution in [0.2, 0.25) is 0 Å². The molecular weight excluding hydrogens is 166 g/mol. The number of hydrogen-bond acceptors (Lipinski definition) is 1. The Kier molecular flexibility index (Phi) is 4.15. The van der Waals surface area contributed by atoms with Gasteiger partial charge < -0.3 is 0 Å². The standard InChI is InChI=1S/C10H15NS/c1-2-6-11-7-3-10(4-8-11)5-9-12/h3-4,7-8H,2,5-6,9H2,1H3/p+1. The minimum absolute atomic E-state index is 0.928. The Labute approximate surface area is 79.8 Å². The highest BCUT2D eigenvalue weighted by Gasteiger charge is 1.97. The molecule has 0 fully saturated rings. The molecule has 12 heavy (non-hydrogen) atoms. The SMILES string of the molecule is CCC[n+]1ccc(CCS)cc1. The van der Waals surface area contributed by atoms with Gasteiger partial charge in [0.25, 0.3) is 0 Å². The molecule has 1 aromatic rings.